The van der Waals surface area contributed by atoms with Crippen molar-refractivity contribution in [3.63, 3.8) is 0 Å². The van der Waals surface area contributed by atoms with Crippen molar-refractivity contribution in [1.82, 2.24) is 9.88 Å². The number of nitrogens with zero attached hydrogens (tertiary/aromatic N) is 1. The van der Waals surface area contributed by atoms with E-state index in [1.54, 1.807) is 32.4 Å². The molecule has 208 valence electrons. The monoisotopic (exact) mass is 547 g/mol. The van der Waals surface area contributed by atoms with Crippen molar-refractivity contribution in [3.8, 4) is 11.5 Å². The van der Waals surface area contributed by atoms with Gasteiger partial charge in [0.25, 0.3) is 0 Å². The van der Waals surface area contributed by atoms with Crippen molar-refractivity contribution in [2.75, 3.05) is 32.6 Å². The Morgan fingerprint density at radius 1 is 0.902 bits per heavy atom. The number of fused-ring (bicyclic) bond motifs is 3. The van der Waals surface area contributed by atoms with E-state index in [0.717, 1.165) is 49.5 Å². The van der Waals surface area contributed by atoms with E-state index in [-0.39, 0.29) is 17.8 Å². The zero-order valence-electron chi connectivity index (χ0n) is 23.3. The fourth-order valence-electron chi connectivity index (χ4n) is 5.70. The Labute approximate surface area is 238 Å². The number of pyridine rings is 1. The van der Waals surface area contributed by atoms with E-state index in [4.69, 9.17) is 9.47 Å². The minimum atomic E-state index is -0.145. The standard InChI is InChI=1S/C34H33N3O4/c1-40-27-14-11-23-16-18-37(21-25(23)19-27)17-15-22-9-12-26(13-10-22)35-31(38)20-24-5-3-6-28-32(24)36-33-29(34(28)39)7-4-8-30(33)41-2/h3-14,19H,15-18,20-21H2,1-2H3,(H,35,38)(H,36,39). The Morgan fingerprint density at radius 2 is 1.68 bits per heavy atom. The number of hydrogen-bond acceptors (Lipinski definition) is 5. The van der Waals surface area contributed by atoms with Gasteiger partial charge in [0, 0.05) is 36.1 Å². The van der Waals surface area contributed by atoms with Crippen LogP contribution in [-0.4, -0.2) is 43.1 Å². The smallest absolute Gasteiger partial charge is 0.228 e. The first-order chi connectivity index (χ1) is 20.0. The number of ether oxygens (including phenoxy) is 2. The highest BCUT2D eigenvalue weighted by Crippen LogP contribution is 2.26. The molecule has 0 spiro atoms. The lowest BCUT2D eigenvalue weighted by atomic mass is 9.99. The number of carbonyl (C=O) groups excluding carboxylic acids is 1. The third-order valence-corrected chi connectivity index (χ3v) is 7.95. The molecule has 7 nitrogen and oxygen atoms in total. The molecular formula is C34H33N3O4. The van der Waals surface area contributed by atoms with Crippen LogP contribution in [0.15, 0.2) is 83.7 Å². The van der Waals surface area contributed by atoms with Crippen molar-refractivity contribution >= 4 is 33.4 Å². The molecule has 1 aliphatic rings. The molecule has 1 amide bonds. The number of nitrogens with one attached hydrogen (secondary N) is 2. The Kier molecular flexibility index (Phi) is 7.44. The zero-order chi connectivity index (χ0) is 28.3. The summed E-state index contributed by atoms with van der Waals surface area (Å²) < 4.78 is 10.9. The van der Waals surface area contributed by atoms with E-state index >= 15 is 0 Å². The molecule has 0 saturated carbocycles. The zero-order valence-corrected chi connectivity index (χ0v) is 23.3. The fourth-order valence-corrected chi connectivity index (χ4v) is 5.70. The van der Waals surface area contributed by atoms with Gasteiger partial charge in [-0.3, -0.25) is 14.5 Å². The van der Waals surface area contributed by atoms with E-state index in [2.05, 4.69) is 39.5 Å². The normalized spacial score (nSPS) is 13.2. The first-order valence-corrected chi connectivity index (χ1v) is 13.9. The molecule has 0 atom stereocenters. The number of aromatic amines is 1. The van der Waals surface area contributed by atoms with Crippen molar-refractivity contribution in [2.24, 2.45) is 0 Å². The minimum Gasteiger partial charge on any atom is -0.497 e. The molecule has 0 aliphatic carbocycles. The Bertz CT molecular complexity index is 1790. The van der Waals surface area contributed by atoms with Gasteiger partial charge in [-0.2, -0.15) is 0 Å². The summed E-state index contributed by atoms with van der Waals surface area (Å²) in [7, 11) is 3.28. The van der Waals surface area contributed by atoms with Crippen LogP contribution in [0.25, 0.3) is 21.8 Å². The number of H-pyrrole nitrogens is 1. The quantitative estimate of drug-likeness (QED) is 0.251. The van der Waals surface area contributed by atoms with E-state index in [0.29, 0.717) is 27.6 Å². The molecule has 0 fully saturated rings. The molecule has 2 heterocycles. The van der Waals surface area contributed by atoms with Crippen LogP contribution in [0.3, 0.4) is 0 Å². The maximum atomic E-state index is 13.2. The first kappa shape index (κ1) is 26.6. The van der Waals surface area contributed by atoms with Gasteiger partial charge < -0.3 is 19.8 Å². The van der Waals surface area contributed by atoms with E-state index in [1.807, 2.05) is 36.4 Å². The van der Waals surface area contributed by atoms with Gasteiger partial charge in [-0.15, -0.1) is 0 Å². The van der Waals surface area contributed by atoms with E-state index < -0.39 is 0 Å². The Morgan fingerprint density at radius 3 is 2.46 bits per heavy atom. The van der Waals surface area contributed by atoms with Gasteiger partial charge in [-0.05, 0) is 77.6 Å². The van der Waals surface area contributed by atoms with Crippen LogP contribution in [0.2, 0.25) is 0 Å². The lowest BCUT2D eigenvalue weighted by Gasteiger charge is -2.29. The first-order valence-electron chi connectivity index (χ1n) is 13.9. The summed E-state index contributed by atoms with van der Waals surface area (Å²) in [5.74, 6) is 1.35. The number of aromatic nitrogens is 1. The van der Waals surface area contributed by atoms with Crippen molar-refractivity contribution in [1.29, 1.82) is 0 Å². The highest BCUT2D eigenvalue weighted by atomic mass is 16.5. The van der Waals surface area contributed by atoms with Gasteiger partial charge in [0.2, 0.25) is 5.91 Å². The lowest BCUT2D eigenvalue weighted by molar-refractivity contribution is -0.115. The number of benzene rings is 4. The summed E-state index contributed by atoms with van der Waals surface area (Å²) in [6.07, 6.45) is 2.13. The lowest BCUT2D eigenvalue weighted by Crippen LogP contribution is -2.32. The number of carbonyl (C=O) groups is 1. The molecule has 7 heteroatoms. The average molecular weight is 548 g/mol. The van der Waals surface area contributed by atoms with Gasteiger partial charge in [0.1, 0.15) is 11.5 Å². The third kappa shape index (κ3) is 5.54. The summed E-state index contributed by atoms with van der Waals surface area (Å²) in [4.78, 5) is 32.0. The van der Waals surface area contributed by atoms with Crippen LogP contribution in [0.5, 0.6) is 11.5 Å². The summed E-state index contributed by atoms with van der Waals surface area (Å²) in [5, 5.41) is 4.12. The van der Waals surface area contributed by atoms with Crippen molar-refractivity contribution in [3.05, 3.63) is 111 Å². The highest BCUT2D eigenvalue weighted by Gasteiger charge is 2.17. The summed E-state index contributed by atoms with van der Waals surface area (Å²) >= 11 is 0. The molecule has 5 aromatic rings. The predicted octanol–water partition coefficient (Wildman–Crippen LogP) is 5.48. The second kappa shape index (κ2) is 11.5. The molecule has 6 rings (SSSR count). The van der Waals surface area contributed by atoms with E-state index in [9.17, 15) is 9.59 Å². The summed E-state index contributed by atoms with van der Waals surface area (Å²) in [6, 6.07) is 25.3. The topological polar surface area (TPSA) is 83.7 Å². The Hall–Kier alpha value is -4.62. The maximum absolute atomic E-state index is 13.2. The average Bonchev–Trinajstić information content (AvgIpc) is 3.00. The molecule has 0 bridgehead atoms. The fraction of sp³-hybridized carbons (Fsp3) is 0.235. The van der Waals surface area contributed by atoms with Crippen LogP contribution in [0, 0.1) is 0 Å². The van der Waals surface area contributed by atoms with Gasteiger partial charge >= 0.3 is 0 Å². The van der Waals surface area contributed by atoms with Gasteiger partial charge in [0.05, 0.1) is 31.7 Å². The number of hydrogen-bond donors (Lipinski definition) is 2. The summed E-state index contributed by atoms with van der Waals surface area (Å²) in [6.45, 7) is 2.96. The molecule has 4 aromatic carbocycles. The molecule has 1 aliphatic heterocycles. The maximum Gasteiger partial charge on any atom is 0.228 e. The molecule has 41 heavy (non-hydrogen) atoms. The van der Waals surface area contributed by atoms with Crippen LogP contribution in [0.1, 0.15) is 22.3 Å². The number of rotatable bonds is 8. The predicted molar refractivity (Wildman–Crippen MR) is 163 cm³/mol. The second-order valence-corrected chi connectivity index (χ2v) is 10.5. The third-order valence-electron chi connectivity index (χ3n) is 7.95. The molecule has 0 saturated heterocycles. The van der Waals surface area contributed by atoms with Crippen LogP contribution < -0.4 is 20.2 Å². The van der Waals surface area contributed by atoms with Gasteiger partial charge in [0.15, 0.2) is 5.43 Å². The number of methoxy groups -OCH3 is 2. The van der Waals surface area contributed by atoms with E-state index in [1.165, 1.54) is 16.7 Å². The van der Waals surface area contributed by atoms with Crippen LogP contribution >= 0.6 is 0 Å². The van der Waals surface area contributed by atoms with Gasteiger partial charge in [-0.1, -0.05) is 36.4 Å². The SMILES string of the molecule is COc1ccc2c(c1)CN(CCc1ccc(NC(=O)Cc3cccc4c(=O)c5cccc(OC)c5[nH]c34)cc1)CC2. The molecule has 0 radical (unpaired) electrons. The highest BCUT2D eigenvalue weighted by molar-refractivity contribution is 5.99. The minimum absolute atomic E-state index is 0.0843. The van der Waals surface area contributed by atoms with Crippen LogP contribution in [-0.2, 0) is 30.6 Å². The van der Waals surface area contributed by atoms with Crippen molar-refractivity contribution < 1.29 is 14.3 Å². The number of anilines is 1. The van der Waals surface area contributed by atoms with Crippen molar-refractivity contribution in [2.45, 2.75) is 25.8 Å². The second-order valence-electron chi connectivity index (χ2n) is 10.5. The largest absolute Gasteiger partial charge is 0.497 e. The number of amides is 1. The molecular weight excluding hydrogens is 514 g/mol. The molecule has 2 N–H and O–H groups in total. The Balaban J connectivity index is 1.10. The molecule has 1 aromatic heterocycles. The number of para-hydroxylation sites is 2. The van der Waals surface area contributed by atoms with Gasteiger partial charge in [-0.25, -0.2) is 0 Å². The summed E-state index contributed by atoms with van der Waals surface area (Å²) in [5.41, 5.74) is 6.68. The molecule has 0 unspecified atom stereocenters. The van der Waals surface area contributed by atoms with Crippen LogP contribution in [0.4, 0.5) is 5.69 Å².